The second-order valence-electron chi connectivity index (χ2n) is 13.5. The highest BCUT2D eigenvalue weighted by Gasteiger charge is 2.31. The molecule has 0 bridgehead atoms. The van der Waals surface area contributed by atoms with Crippen molar-refractivity contribution in [2.24, 2.45) is 7.05 Å². The molecular weight excluding hydrogens is 632 g/mol. The molecule has 6 heterocycles. The van der Waals surface area contributed by atoms with E-state index in [1.54, 1.807) is 11.6 Å². The van der Waals surface area contributed by atoms with Crippen LogP contribution in [0.15, 0.2) is 71.7 Å². The Bertz CT molecular complexity index is 2170. The van der Waals surface area contributed by atoms with Gasteiger partial charge in [0.1, 0.15) is 6.04 Å². The van der Waals surface area contributed by atoms with Crippen LogP contribution in [0.5, 0.6) is 0 Å². The number of amides is 3. The molecular formula is C38H40N8O4. The van der Waals surface area contributed by atoms with Gasteiger partial charge in [-0.25, -0.2) is 4.79 Å². The zero-order valence-electron chi connectivity index (χ0n) is 28.1. The van der Waals surface area contributed by atoms with Crippen molar-refractivity contribution in [3.05, 3.63) is 94.2 Å². The molecule has 3 aliphatic heterocycles. The van der Waals surface area contributed by atoms with Crippen molar-refractivity contribution in [2.75, 3.05) is 44.2 Å². The summed E-state index contributed by atoms with van der Waals surface area (Å²) < 4.78 is 3.13. The Morgan fingerprint density at radius 2 is 1.74 bits per heavy atom. The number of pyridine rings is 1. The van der Waals surface area contributed by atoms with Crippen LogP contribution in [0.2, 0.25) is 0 Å². The first-order valence-corrected chi connectivity index (χ1v) is 17.4. The van der Waals surface area contributed by atoms with Crippen LogP contribution >= 0.6 is 0 Å². The predicted octanol–water partition coefficient (Wildman–Crippen LogP) is 3.42. The van der Waals surface area contributed by atoms with Crippen molar-refractivity contribution in [1.29, 1.82) is 0 Å². The van der Waals surface area contributed by atoms with Crippen LogP contribution in [0.1, 0.15) is 46.9 Å². The maximum atomic E-state index is 13.1. The monoisotopic (exact) mass is 672 g/mol. The van der Waals surface area contributed by atoms with Gasteiger partial charge in [0.25, 0.3) is 5.91 Å². The van der Waals surface area contributed by atoms with E-state index in [0.29, 0.717) is 13.0 Å². The minimum atomic E-state index is -0.674. The van der Waals surface area contributed by atoms with Gasteiger partial charge in [-0.15, -0.1) is 0 Å². The number of rotatable bonds is 8. The smallest absolute Gasteiger partial charge is 0.329 e. The molecule has 50 heavy (non-hydrogen) atoms. The maximum absolute atomic E-state index is 13.1. The van der Waals surface area contributed by atoms with Gasteiger partial charge in [-0.1, -0.05) is 18.2 Å². The average molecular weight is 673 g/mol. The number of imidazole rings is 1. The number of carbonyl (C=O) groups excluding carboxylic acids is 3. The summed E-state index contributed by atoms with van der Waals surface area (Å²) in [6, 6.07) is 19.9. The molecule has 2 saturated heterocycles. The van der Waals surface area contributed by atoms with Crippen LogP contribution in [-0.4, -0.2) is 81.0 Å². The fourth-order valence-corrected chi connectivity index (χ4v) is 7.57. The fraction of sp³-hybridized carbons (Fsp3) is 0.342. The highest BCUT2D eigenvalue weighted by Crippen LogP contribution is 2.28. The van der Waals surface area contributed by atoms with Crippen molar-refractivity contribution < 1.29 is 14.4 Å². The van der Waals surface area contributed by atoms with Gasteiger partial charge in [0.2, 0.25) is 11.8 Å². The molecule has 1 atom stereocenters. The van der Waals surface area contributed by atoms with E-state index in [1.165, 1.54) is 10.3 Å². The number of imide groups is 1. The van der Waals surface area contributed by atoms with E-state index < -0.39 is 11.9 Å². The molecule has 1 unspecified atom stereocenters. The molecule has 0 saturated carbocycles. The zero-order chi connectivity index (χ0) is 34.4. The van der Waals surface area contributed by atoms with E-state index in [0.717, 1.165) is 102 Å². The van der Waals surface area contributed by atoms with Crippen molar-refractivity contribution in [1.82, 2.24) is 34.6 Å². The molecule has 2 aromatic carbocycles. The number of nitrogens with zero attached hydrogens (tertiary/aromatic N) is 5. The second kappa shape index (κ2) is 13.1. The summed E-state index contributed by atoms with van der Waals surface area (Å²) in [5.41, 5.74) is 9.17. The summed E-state index contributed by atoms with van der Waals surface area (Å²) in [5.74, 6) is -0.736. The predicted molar refractivity (Wildman–Crippen MR) is 191 cm³/mol. The number of piperazine rings is 1. The molecule has 256 valence electrons. The maximum Gasteiger partial charge on any atom is 0.329 e. The van der Waals surface area contributed by atoms with E-state index in [9.17, 15) is 19.2 Å². The minimum absolute atomic E-state index is 0.0263. The van der Waals surface area contributed by atoms with E-state index in [4.69, 9.17) is 4.98 Å². The van der Waals surface area contributed by atoms with Crippen molar-refractivity contribution in [3.63, 3.8) is 0 Å². The van der Waals surface area contributed by atoms with E-state index in [1.807, 2.05) is 30.5 Å². The van der Waals surface area contributed by atoms with Gasteiger partial charge < -0.3 is 15.2 Å². The number of aromatic nitrogens is 4. The van der Waals surface area contributed by atoms with Gasteiger partial charge in [0.05, 0.1) is 22.3 Å². The van der Waals surface area contributed by atoms with Crippen LogP contribution in [0, 0.1) is 0 Å². The lowest BCUT2D eigenvalue weighted by atomic mass is 10.0. The van der Waals surface area contributed by atoms with E-state index in [2.05, 4.69) is 61.8 Å². The van der Waals surface area contributed by atoms with Crippen molar-refractivity contribution >= 4 is 34.4 Å². The third kappa shape index (κ3) is 6.00. The number of fused-ring (bicyclic) bond motifs is 2. The van der Waals surface area contributed by atoms with Crippen LogP contribution in [-0.2, 0) is 29.5 Å². The molecule has 0 aliphatic carbocycles. The van der Waals surface area contributed by atoms with Crippen molar-refractivity contribution in [2.45, 2.75) is 38.1 Å². The summed E-state index contributed by atoms with van der Waals surface area (Å²) in [6.07, 6.45) is 5.13. The van der Waals surface area contributed by atoms with Gasteiger partial charge >= 0.3 is 5.69 Å². The number of anilines is 1. The largest absolute Gasteiger partial charge is 0.369 e. The molecule has 2 fully saturated rings. The Hall–Kier alpha value is -5.49. The van der Waals surface area contributed by atoms with Gasteiger partial charge in [0, 0.05) is 87.0 Å². The first-order chi connectivity index (χ1) is 24.3. The highest BCUT2D eigenvalue weighted by atomic mass is 16.2. The number of hydrogen-bond donors (Lipinski definition) is 3. The van der Waals surface area contributed by atoms with Gasteiger partial charge in [-0.3, -0.25) is 38.7 Å². The lowest BCUT2D eigenvalue weighted by Crippen LogP contribution is -2.46. The summed E-state index contributed by atoms with van der Waals surface area (Å²) in [6.45, 7) is 5.51. The standard InChI is InChI=1S/C38H40N8O4/c1-43-34-20-24(7-10-32(34)46(38(43)50)33-11-12-35(47)42-37(33)49)4-3-15-44-16-18-45(19-17-44)27-6-2-5-25(21-27)29-9-8-26(23-40-29)31-22-28-30(41-31)13-14-39-36(28)48/h2,5-10,20-23,33,41H,3-4,11-19H2,1H3,(H,39,48)(H,42,47,49). The number of hydrogen-bond acceptors (Lipinski definition) is 7. The summed E-state index contributed by atoms with van der Waals surface area (Å²) in [7, 11) is 1.73. The van der Waals surface area contributed by atoms with E-state index >= 15 is 0 Å². The summed E-state index contributed by atoms with van der Waals surface area (Å²) >= 11 is 0. The highest BCUT2D eigenvalue weighted by molar-refractivity contribution is 6.00. The number of carbonyl (C=O) groups is 3. The van der Waals surface area contributed by atoms with Gasteiger partial charge in [-0.05, 0) is 73.8 Å². The minimum Gasteiger partial charge on any atom is -0.369 e. The average Bonchev–Trinajstić information content (AvgIpc) is 3.68. The number of piperidine rings is 1. The molecule has 3 amide bonds. The number of nitrogens with one attached hydrogen (secondary N) is 3. The molecule has 3 aromatic heterocycles. The lowest BCUT2D eigenvalue weighted by Gasteiger charge is -2.36. The number of benzene rings is 2. The van der Waals surface area contributed by atoms with Crippen LogP contribution in [0.4, 0.5) is 5.69 Å². The fourth-order valence-electron chi connectivity index (χ4n) is 7.57. The summed E-state index contributed by atoms with van der Waals surface area (Å²) in [4.78, 5) is 62.5. The molecule has 12 heteroatoms. The van der Waals surface area contributed by atoms with Crippen LogP contribution < -0.4 is 21.2 Å². The van der Waals surface area contributed by atoms with Crippen LogP contribution in [0.25, 0.3) is 33.5 Å². The number of aryl methyl sites for hydroxylation is 2. The molecule has 12 nitrogen and oxygen atoms in total. The first kappa shape index (κ1) is 31.8. The third-order valence-corrected chi connectivity index (χ3v) is 10.4. The Labute approximate surface area is 289 Å². The Kier molecular flexibility index (Phi) is 8.31. The third-order valence-electron chi connectivity index (χ3n) is 10.4. The Morgan fingerprint density at radius 3 is 2.52 bits per heavy atom. The lowest BCUT2D eigenvalue weighted by molar-refractivity contribution is -0.135. The molecule has 3 N–H and O–H groups in total. The quantitative estimate of drug-likeness (QED) is 0.215. The first-order valence-electron chi connectivity index (χ1n) is 17.4. The summed E-state index contributed by atoms with van der Waals surface area (Å²) in [5, 5.41) is 5.26. The van der Waals surface area contributed by atoms with Crippen LogP contribution in [0.3, 0.4) is 0 Å². The number of aromatic amines is 1. The molecule has 0 spiro atoms. The van der Waals surface area contributed by atoms with Gasteiger partial charge in [0.15, 0.2) is 0 Å². The SMILES string of the molecule is Cn1c(=O)n(C2CCC(=O)NC2=O)c2ccc(CCCN3CCN(c4cccc(-c5ccc(-c6cc7c([nH]6)CCNC7=O)cn5)c4)CC3)cc21. The molecule has 3 aliphatic rings. The normalized spacial score (nSPS) is 18.3. The van der Waals surface area contributed by atoms with E-state index in [-0.39, 0.29) is 23.9 Å². The Balaban J connectivity index is 0.858. The number of H-pyrrole nitrogens is 1. The van der Waals surface area contributed by atoms with Gasteiger partial charge in [-0.2, -0.15) is 0 Å². The molecule has 0 radical (unpaired) electrons. The zero-order valence-corrected chi connectivity index (χ0v) is 28.1. The second-order valence-corrected chi connectivity index (χ2v) is 13.5. The Morgan fingerprint density at radius 1 is 0.880 bits per heavy atom. The molecule has 5 aromatic rings. The molecule has 8 rings (SSSR count). The van der Waals surface area contributed by atoms with Crippen molar-refractivity contribution in [3.8, 4) is 22.5 Å². The topological polar surface area (TPSA) is 137 Å².